The Labute approximate surface area is 196 Å². The summed E-state index contributed by atoms with van der Waals surface area (Å²) in [4.78, 5) is 0.308. The maximum Gasteiger partial charge on any atom is 0.175 e. The molecule has 1 unspecified atom stereocenters. The van der Waals surface area contributed by atoms with E-state index in [1.54, 1.807) is 12.1 Å². The van der Waals surface area contributed by atoms with Crippen molar-refractivity contribution >= 4 is 36.0 Å². The van der Waals surface area contributed by atoms with Crippen molar-refractivity contribution in [1.82, 2.24) is 4.57 Å². The van der Waals surface area contributed by atoms with Crippen LogP contribution < -0.4 is 5.30 Å². The van der Waals surface area contributed by atoms with Crippen molar-refractivity contribution < 1.29 is 13.2 Å². The van der Waals surface area contributed by atoms with Gasteiger partial charge in [-0.3, -0.25) is 0 Å². The van der Waals surface area contributed by atoms with Crippen molar-refractivity contribution in [2.75, 3.05) is 6.26 Å². The Bertz CT molecular complexity index is 1300. The molecule has 0 radical (unpaired) electrons. The third kappa shape index (κ3) is 5.01. The highest BCUT2D eigenvalue weighted by Crippen LogP contribution is 2.31. The number of ether oxygens (including phenoxy) is 1. The van der Waals surface area contributed by atoms with E-state index < -0.39 is 9.84 Å². The number of nitrogens with zero attached hydrogens (tertiary/aromatic N) is 1. The van der Waals surface area contributed by atoms with Crippen LogP contribution in [0.1, 0.15) is 24.1 Å². The smallest absolute Gasteiger partial charge is 0.175 e. The molecule has 2 aromatic carbocycles. The minimum atomic E-state index is -3.25. The largest absolute Gasteiger partial charge is 0.493 e. The number of hydrogen-bond donors (Lipinski definition) is 0. The Balaban J connectivity index is 1.74. The van der Waals surface area contributed by atoms with Crippen LogP contribution in [0.2, 0.25) is 0 Å². The number of rotatable bonds is 6. The summed E-state index contributed by atoms with van der Waals surface area (Å²) in [6.07, 6.45) is 6.63. The third-order valence-electron chi connectivity index (χ3n) is 5.55. The average molecular weight is 486 g/mol. The molecule has 0 fully saturated rings. The number of aromatic nitrogens is 1. The molecule has 32 heavy (non-hydrogen) atoms. The van der Waals surface area contributed by atoms with Gasteiger partial charge in [0.15, 0.2) is 9.84 Å². The first kappa shape index (κ1) is 22.8. The van der Waals surface area contributed by atoms with Gasteiger partial charge in [-0.05, 0) is 66.7 Å². The third-order valence-corrected chi connectivity index (χ3v) is 7.38. The molecular formula is C25H25ClNO3PS. The highest BCUT2D eigenvalue weighted by Gasteiger charge is 2.17. The molecule has 3 aromatic rings. The van der Waals surface area contributed by atoms with Crippen LogP contribution in [0, 0.1) is 6.92 Å². The molecule has 0 saturated heterocycles. The highest BCUT2D eigenvalue weighted by molar-refractivity contribution is 7.90. The summed E-state index contributed by atoms with van der Waals surface area (Å²) >= 11 is 6.05. The molecule has 0 saturated carbocycles. The van der Waals surface area contributed by atoms with Crippen molar-refractivity contribution in [3.8, 4) is 16.9 Å². The molecule has 1 aliphatic carbocycles. The maximum atomic E-state index is 11.9. The molecular weight excluding hydrogens is 461 g/mol. The molecule has 0 amide bonds. The van der Waals surface area contributed by atoms with Crippen LogP contribution in [0.15, 0.2) is 82.4 Å². The van der Waals surface area contributed by atoms with Crippen molar-refractivity contribution in [2.24, 2.45) is 0 Å². The predicted octanol–water partition coefficient (Wildman–Crippen LogP) is 5.67. The van der Waals surface area contributed by atoms with E-state index in [0.29, 0.717) is 11.5 Å². The van der Waals surface area contributed by atoms with E-state index in [-0.39, 0.29) is 0 Å². The van der Waals surface area contributed by atoms with Crippen LogP contribution in [0.3, 0.4) is 0 Å². The van der Waals surface area contributed by atoms with Gasteiger partial charge in [-0.15, -0.1) is 9.24 Å². The van der Waals surface area contributed by atoms with E-state index in [2.05, 4.69) is 51.1 Å². The maximum absolute atomic E-state index is 11.9. The van der Waals surface area contributed by atoms with Gasteiger partial charge >= 0.3 is 0 Å². The predicted molar refractivity (Wildman–Crippen MR) is 134 cm³/mol. The second-order valence-electron chi connectivity index (χ2n) is 7.90. The van der Waals surface area contributed by atoms with Crippen LogP contribution in [-0.2, 0) is 21.2 Å². The second-order valence-corrected chi connectivity index (χ2v) is 11.1. The molecule has 4 rings (SSSR count). The zero-order valence-corrected chi connectivity index (χ0v) is 20.7. The number of benzene rings is 2. The van der Waals surface area contributed by atoms with E-state index in [9.17, 15) is 8.42 Å². The Kier molecular flexibility index (Phi) is 6.62. The zero-order chi connectivity index (χ0) is 22.9. The quantitative estimate of drug-likeness (QED) is 0.422. The van der Waals surface area contributed by atoms with Crippen LogP contribution in [0.25, 0.3) is 16.9 Å². The topological polar surface area (TPSA) is 48.3 Å². The first-order valence-electron chi connectivity index (χ1n) is 10.3. The first-order chi connectivity index (χ1) is 15.2. The zero-order valence-electron chi connectivity index (χ0n) is 18.0. The summed E-state index contributed by atoms with van der Waals surface area (Å²) in [6, 6.07) is 17.4. The standard InChI is InChI=1S/C25H25ClNO3PS/c1-17-19(16-30-22-9-5-20(26)6-10-22)15-25(27(17)21-7-11-23(31)12-8-21)18-3-13-24(14-4-18)32(2,28)29/h3-5,7-9,11-15H,6,10,16,31H2,1-2H3. The number of allylic oxidation sites excluding steroid dienone is 4. The van der Waals surface area contributed by atoms with Gasteiger partial charge in [0.25, 0.3) is 0 Å². The van der Waals surface area contributed by atoms with Crippen LogP contribution in [-0.4, -0.2) is 19.2 Å². The summed E-state index contributed by atoms with van der Waals surface area (Å²) in [7, 11) is -0.544. The van der Waals surface area contributed by atoms with Gasteiger partial charge in [0, 0.05) is 34.7 Å². The molecule has 166 valence electrons. The lowest BCUT2D eigenvalue weighted by Gasteiger charge is -2.14. The Morgan fingerprint density at radius 1 is 1.03 bits per heavy atom. The Morgan fingerprint density at radius 2 is 1.72 bits per heavy atom. The Morgan fingerprint density at radius 3 is 2.31 bits per heavy atom. The molecule has 0 bridgehead atoms. The average Bonchev–Trinajstić information content (AvgIpc) is 3.10. The monoisotopic (exact) mass is 485 g/mol. The van der Waals surface area contributed by atoms with E-state index >= 15 is 0 Å². The fraction of sp³-hybridized carbons (Fsp3) is 0.200. The molecule has 4 nitrogen and oxygen atoms in total. The SMILES string of the molecule is Cc1c(COC2=CC=C(Cl)CC2)cc(-c2ccc(S(C)(=O)=O)cc2)n1-c1ccc(P)cc1. The minimum absolute atomic E-state index is 0.308. The van der Waals surface area contributed by atoms with Gasteiger partial charge in [0.2, 0.25) is 0 Å². The molecule has 0 aliphatic heterocycles. The molecule has 1 atom stereocenters. The first-order valence-corrected chi connectivity index (χ1v) is 13.1. The normalized spacial score (nSPS) is 14.1. The van der Waals surface area contributed by atoms with Crippen LogP contribution in [0.4, 0.5) is 0 Å². The minimum Gasteiger partial charge on any atom is -0.493 e. The molecule has 0 N–H and O–H groups in total. The molecule has 1 aliphatic rings. The second kappa shape index (κ2) is 9.27. The van der Waals surface area contributed by atoms with E-state index in [4.69, 9.17) is 16.3 Å². The van der Waals surface area contributed by atoms with Gasteiger partial charge in [0.05, 0.1) is 16.3 Å². The molecule has 7 heteroatoms. The Hall–Kier alpha value is -2.33. The van der Waals surface area contributed by atoms with Crippen molar-refractivity contribution in [3.05, 3.63) is 88.8 Å². The van der Waals surface area contributed by atoms with Crippen molar-refractivity contribution in [2.45, 2.75) is 31.3 Å². The summed E-state index contributed by atoms with van der Waals surface area (Å²) in [5, 5.41) is 1.95. The lowest BCUT2D eigenvalue weighted by molar-refractivity contribution is 0.188. The summed E-state index contributed by atoms with van der Waals surface area (Å²) in [5.74, 6) is 0.924. The summed E-state index contributed by atoms with van der Waals surface area (Å²) < 4.78 is 32.0. The lowest BCUT2D eigenvalue weighted by atomic mass is 10.1. The fourth-order valence-electron chi connectivity index (χ4n) is 3.73. The van der Waals surface area contributed by atoms with Gasteiger partial charge in [-0.1, -0.05) is 35.9 Å². The van der Waals surface area contributed by atoms with Crippen LogP contribution in [0.5, 0.6) is 0 Å². The molecule has 1 aromatic heterocycles. The summed E-state index contributed by atoms with van der Waals surface area (Å²) in [6.45, 7) is 2.53. The van der Waals surface area contributed by atoms with Gasteiger partial charge < -0.3 is 9.30 Å². The van der Waals surface area contributed by atoms with Crippen molar-refractivity contribution in [1.29, 1.82) is 0 Å². The van der Waals surface area contributed by atoms with Crippen LogP contribution >= 0.6 is 20.8 Å². The van der Waals surface area contributed by atoms with Gasteiger partial charge in [0.1, 0.15) is 6.61 Å². The number of halogens is 1. The lowest BCUT2D eigenvalue weighted by Crippen LogP contribution is -2.03. The van der Waals surface area contributed by atoms with Crippen molar-refractivity contribution in [3.63, 3.8) is 0 Å². The van der Waals surface area contributed by atoms with E-state index in [0.717, 1.165) is 57.1 Å². The van der Waals surface area contributed by atoms with E-state index in [1.807, 2.05) is 24.3 Å². The fourth-order valence-corrected chi connectivity index (χ4v) is 4.71. The molecule has 0 spiro atoms. The number of sulfone groups is 1. The van der Waals surface area contributed by atoms with E-state index in [1.165, 1.54) is 6.26 Å². The molecule has 1 heterocycles. The summed E-state index contributed by atoms with van der Waals surface area (Å²) in [5.41, 5.74) is 5.11. The highest BCUT2D eigenvalue weighted by atomic mass is 35.5. The number of hydrogen-bond acceptors (Lipinski definition) is 3. The van der Waals surface area contributed by atoms with Gasteiger partial charge in [-0.25, -0.2) is 8.42 Å². The van der Waals surface area contributed by atoms with Gasteiger partial charge in [-0.2, -0.15) is 0 Å².